The molecule has 0 spiro atoms. The maximum atomic E-state index is 4.12. The van der Waals surface area contributed by atoms with Crippen molar-refractivity contribution < 1.29 is 0 Å². The Kier molecular flexibility index (Phi) is 8.53. The third kappa shape index (κ3) is 70.8. The van der Waals surface area contributed by atoms with Crippen molar-refractivity contribution in [3.05, 3.63) is 0 Å². The molecule has 0 N–H and O–H groups in total. The number of thiol groups is 2. The van der Waals surface area contributed by atoms with Crippen LogP contribution in [0.3, 0.4) is 0 Å². The predicted molar refractivity (Wildman–Crippen MR) is 57.5 cm³/mol. The maximum absolute atomic E-state index is 4.12. The van der Waals surface area contributed by atoms with Gasteiger partial charge in [0.05, 0.1) is 0 Å². The van der Waals surface area contributed by atoms with Gasteiger partial charge in [-0.15, -0.1) is 0 Å². The fraction of sp³-hybridized carbons (Fsp3) is 1.00. The lowest BCUT2D eigenvalue weighted by Crippen LogP contribution is -1.99. The van der Waals surface area contributed by atoms with E-state index < -0.39 is 0 Å². The summed E-state index contributed by atoms with van der Waals surface area (Å²) in [4.78, 5) is 0. The van der Waals surface area contributed by atoms with E-state index in [1.807, 2.05) is 0 Å². The standard InChI is InChI=1S/2C4H10S/c1-4(2,3)5;1-3-4(2)5/h5H,1-3H3;4-5H,3H2,1-2H3. The predicted octanol–water partition coefficient (Wildman–Crippen LogP) is 3.43. The Balaban J connectivity index is 0. The van der Waals surface area contributed by atoms with Gasteiger partial charge in [-0.25, -0.2) is 0 Å². The minimum absolute atomic E-state index is 0.194. The van der Waals surface area contributed by atoms with Gasteiger partial charge in [-0.2, -0.15) is 25.3 Å². The summed E-state index contributed by atoms with van der Waals surface area (Å²) in [7, 11) is 0. The molecule has 0 amide bonds. The Labute approximate surface area is 76.6 Å². The van der Waals surface area contributed by atoms with Gasteiger partial charge in [0.2, 0.25) is 0 Å². The van der Waals surface area contributed by atoms with Crippen LogP contribution in [-0.4, -0.2) is 10.00 Å². The van der Waals surface area contributed by atoms with E-state index in [2.05, 4.69) is 59.9 Å². The number of rotatable bonds is 1. The summed E-state index contributed by atoms with van der Waals surface area (Å²) in [5.74, 6) is 0. The molecule has 0 nitrogen and oxygen atoms in total. The first-order valence-electron chi connectivity index (χ1n) is 3.67. The Morgan fingerprint density at radius 1 is 1.30 bits per heavy atom. The topological polar surface area (TPSA) is 0 Å². The van der Waals surface area contributed by atoms with Gasteiger partial charge in [-0.05, 0) is 11.7 Å². The zero-order valence-electron chi connectivity index (χ0n) is 7.68. The molecule has 0 aliphatic carbocycles. The average molecular weight is 180 g/mol. The van der Waals surface area contributed by atoms with Crippen molar-refractivity contribution in [1.29, 1.82) is 0 Å². The molecule has 0 saturated carbocycles. The van der Waals surface area contributed by atoms with Crippen LogP contribution < -0.4 is 0 Å². The van der Waals surface area contributed by atoms with Crippen LogP contribution in [-0.2, 0) is 0 Å². The Hall–Kier alpha value is 0.700. The van der Waals surface area contributed by atoms with Crippen molar-refractivity contribution >= 4 is 25.3 Å². The van der Waals surface area contributed by atoms with E-state index in [4.69, 9.17) is 0 Å². The van der Waals surface area contributed by atoms with Gasteiger partial charge in [-0.1, -0.05) is 34.6 Å². The van der Waals surface area contributed by atoms with E-state index in [1.54, 1.807) is 0 Å². The lowest BCUT2D eigenvalue weighted by Gasteiger charge is -2.04. The molecule has 0 saturated heterocycles. The molecular formula is C8H20S2. The van der Waals surface area contributed by atoms with Crippen LogP contribution in [0.15, 0.2) is 0 Å². The zero-order chi connectivity index (χ0) is 8.78. The third-order valence-corrected chi connectivity index (χ3v) is 0.956. The molecule has 0 bridgehead atoms. The molecule has 1 unspecified atom stereocenters. The molecule has 1 atom stereocenters. The number of hydrogen-bond acceptors (Lipinski definition) is 2. The van der Waals surface area contributed by atoms with Crippen molar-refractivity contribution in [3.8, 4) is 0 Å². The molecular weight excluding hydrogens is 160 g/mol. The van der Waals surface area contributed by atoms with Crippen LogP contribution in [0.4, 0.5) is 0 Å². The summed E-state index contributed by atoms with van der Waals surface area (Å²) < 4.78 is 0.194. The van der Waals surface area contributed by atoms with Gasteiger partial charge in [0.25, 0.3) is 0 Å². The molecule has 10 heavy (non-hydrogen) atoms. The molecule has 0 fully saturated rings. The fourth-order valence-electron chi connectivity index (χ4n) is 0. The van der Waals surface area contributed by atoms with Crippen molar-refractivity contribution in [1.82, 2.24) is 0 Å². The van der Waals surface area contributed by atoms with E-state index in [9.17, 15) is 0 Å². The smallest absolute Gasteiger partial charge is 0.00449 e. The van der Waals surface area contributed by atoms with Crippen LogP contribution in [0, 0.1) is 0 Å². The minimum atomic E-state index is 0.194. The van der Waals surface area contributed by atoms with Gasteiger partial charge in [-0.3, -0.25) is 0 Å². The van der Waals surface area contributed by atoms with E-state index in [1.165, 1.54) is 6.42 Å². The Bertz CT molecular complexity index is 56.1. The molecule has 0 rings (SSSR count). The third-order valence-electron chi connectivity index (χ3n) is 0.591. The maximum Gasteiger partial charge on any atom is 0.00449 e. The fourth-order valence-corrected chi connectivity index (χ4v) is 0. The summed E-state index contributed by atoms with van der Waals surface area (Å²) in [6.45, 7) is 10.4. The van der Waals surface area contributed by atoms with Gasteiger partial charge >= 0.3 is 0 Å². The monoisotopic (exact) mass is 180 g/mol. The van der Waals surface area contributed by atoms with E-state index >= 15 is 0 Å². The van der Waals surface area contributed by atoms with Crippen LogP contribution in [0.2, 0.25) is 0 Å². The second-order valence-corrected chi connectivity index (χ2v) is 5.65. The molecule has 64 valence electrons. The zero-order valence-corrected chi connectivity index (χ0v) is 9.47. The highest BCUT2D eigenvalue weighted by molar-refractivity contribution is 7.81. The van der Waals surface area contributed by atoms with Crippen molar-refractivity contribution in [2.24, 2.45) is 0 Å². The SMILES string of the molecule is CC(C)(C)S.CCC(C)S. The first-order chi connectivity index (χ1) is 4.27. The van der Waals surface area contributed by atoms with Gasteiger partial charge < -0.3 is 0 Å². The molecule has 2 heteroatoms. The molecule has 0 aromatic heterocycles. The highest BCUT2D eigenvalue weighted by Gasteiger charge is 1.96. The lowest BCUT2D eigenvalue weighted by atomic mass is 10.3. The summed E-state index contributed by atoms with van der Waals surface area (Å²) >= 11 is 8.22. The summed E-state index contributed by atoms with van der Waals surface area (Å²) in [6, 6.07) is 0. The minimum Gasteiger partial charge on any atom is -0.176 e. The normalized spacial score (nSPS) is 13.5. The van der Waals surface area contributed by atoms with Crippen molar-refractivity contribution in [3.63, 3.8) is 0 Å². The van der Waals surface area contributed by atoms with Crippen LogP contribution in [0.25, 0.3) is 0 Å². The molecule has 0 aromatic rings. The first-order valence-corrected chi connectivity index (χ1v) is 4.64. The molecule has 0 aromatic carbocycles. The first kappa shape index (κ1) is 13.3. The second kappa shape index (κ2) is 6.41. The lowest BCUT2D eigenvalue weighted by molar-refractivity contribution is 0.812. The van der Waals surface area contributed by atoms with Crippen LogP contribution in [0.1, 0.15) is 41.0 Å². The summed E-state index contributed by atoms with van der Waals surface area (Å²) in [6.07, 6.45) is 1.17. The van der Waals surface area contributed by atoms with Crippen molar-refractivity contribution in [2.45, 2.75) is 51.0 Å². The Morgan fingerprint density at radius 3 is 1.40 bits per heavy atom. The molecule has 0 heterocycles. The van der Waals surface area contributed by atoms with Crippen LogP contribution >= 0.6 is 25.3 Å². The average Bonchev–Trinajstić information content (AvgIpc) is 1.61. The molecule has 0 aliphatic heterocycles. The van der Waals surface area contributed by atoms with Crippen LogP contribution in [0.5, 0.6) is 0 Å². The van der Waals surface area contributed by atoms with E-state index in [0.717, 1.165) is 0 Å². The second-order valence-electron chi connectivity index (χ2n) is 3.43. The van der Waals surface area contributed by atoms with Crippen molar-refractivity contribution in [2.75, 3.05) is 0 Å². The summed E-state index contributed by atoms with van der Waals surface area (Å²) in [5, 5.41) is 0.579. The van der Waals surface area contributed by atoms with E-state index in [0.29, 0.717) is 5.25 Å². The van der Waals surface area contributed by atoms with Gasteiger partial charge in [0.15, 0.2) is 0 Å². The molecule has 0 radical (unpaired) electrons. The quantitative estimate of drug-likeness (QED) is 0.568. The molecule has 0 aliphatic rings. The van der Waals surface area contributed by atoms with E-state index in [-0.39, 0.29) is 4.75 Å². The van der Waals surface area contributed by atoms with Gasteiger partial charge in [0, 0.05) is 4.75 Å². The number of hydrogen-bond donors (Lipinski definition) is 2. The highest BCUT2D eigenvalue weighted by atomic mass is 32.1. The van der Waals surface area contributed by atoms with Gasteiger partial charge in [0.1, 0.15) is 0 Å². The summed E-state index contributed by atoms with van der Waals surface area (Å²) in [5.41, 5.74) is 0. The Morgan fingerprint density at radius 2 is 1.40 bits per heavy atom. The largest absolute Gasteiger partial charge is 0.176 e. The highest BCUT2D eigenvalue weighted by Crippen LogP contribution is 2.07.